The van der Waals surface area contributed by atoms with Crippen molar-refractivity contribution >= 4 is 23.8 Å². The first-order valence-electron chi connectivity index (χ1n) is 13.0. The number of nitrogens with zero attached hydrogens (tertiary/aromatic N) is 2. The Bertz CT molecular complexity index is 1140. The second-order valence-electron chi connectivity index (χ2n) is 10.5. The molecule has 1 aliphatic carbocycles. The minimum Gasteiger partial charge on any atom is -0.446 e. The molecule has 1 aromatic rings. The highest BCUT2D eigenvalue weighted by Crippen LogP contribution is 2.34. The van der Waals surface area contributed by atoms with Crippen LogP contribution in [0, 0.1) is 11.7 Å². The van der Waals surface area contributed by atoms with Gasteiger partial charge in [-0.1, -0.05) is 12.1 Å². The van der Waals surface area contributed by atoms with Crippen LogP contribution in [0.3, 0.4) is 0 Å². The van der Waals surface area contributed by atoms with Gasteiger partial charge in [-0.2, -0.15) is 0 Å². The summed E-state index contributed by atoms with van der Waals surface area (Å²) in [4.78, 5) is 50.2. The first kappa shape index (κ1) is 24.3. The Morgan fingerprint density at radius 3 is 2.84 bits per heavy atom. The molecule has 5 aliphatic rings. The highest BCUT2D eigenvalue weighted by molar-refractivity contribution is 6.05. The van der Waals surface area contributed by atoms with E-state index in [1.807, 2.05) is 0 Å². The number of ether oxygens (including phenoxy) is 1. The van der Waals surface area contributed by atoms with E-state index >= 15 is 4.39 Å². The van der Waals surface area contributed by atoms with Crippen LogP contribution in [0.2, 0.25) is 0 Å². The summed E-state index contributed by atoms with van der Waals surface area (Å²) >= 11 is 0. The molecule has 11 nitrogen and oxygen atoms in total. The van der Waals surface area contributed by atoms with E-state index in [1.165, 1.54) is 23.8 Å². The predicted octanol–water partition coefficient (Wildman–Crippen LogP) is 0.490. The van der Waals surface area contributed by atoms with E-state index in [2.05, 4.69) is 26.4 Å². The second kappa shape index (κ2) is 9.66. The molecule has 3 atom stereocenters. The van der Waals surface area contributed by atoms with Crippen molar-refractivity contribution in [2.45, 2.75) is 76.0 Å². The lowest BCUT2D eigenvalue weighted by atomic mass is 9.87. The maximum atomic E-state index is 15.3. The summed E-state index contributed by atoms with van der Waals surface area (Å²) in [6.07, 6.45) is 3.76. The van der Waals surface area contributed by atoms with Gasteiger partial charge < -0.3 is 20.3 Å². The quantitative estimate of drug-likeness (QED) is 0.418. The number of halogens is 1. The standard InChI is InChI=1S/C25H31FN6O5/c26-21-13(3-4-15-12-31(24(35)20(15)21)18-5-6-19(33)30-23(18)34)10-28-25(36)37-17-8-16(9-17)32-22-14(11-29-32)2-1-7-27-22/h3-4,14,16-18,22,27,29H,1-2,5-12H2,(H,28,36)(H,30,33,34). The Labute approximate surface area is 213 Å². The SMILES string of the molecule is O=C1CCC(N2Cc3ccc(CNC(=O)OC4CC(N5NCC6CCCNC65)C4)c(F)c3C2=O)C(=O)N1. The number of imide groups is 1. The summed E-state index contributed by atoms with van der Waals surface area (Å²) in [5, 5.41) is 10.7. The van der Waals surface area contributed by atoms with Crippen LogP contribution in [0.1, 0.15) is 60.0 Å². The van der Waals surface area contributed by atoms with E-state index < -0.39 is 29.8 Å². The number of nitrogens with one attached hydrogen (secondary N) is 4. The van der Waals surface area contributed by atoms with Gasteiger partial charge in [0.1, 0.15) is 18.0 Å². The molecule has 12 heteroatoms. The topological polar surface area (TPSA) is 132 Å². The minimum absolute atomic E-state index is 0.0908. The summed E-state index contributed by atoms with van der Waals surface area (Å²) in [7, 11) is 0. The van der Waals surface area contributed by atoms with Crippen molar-refractivity contribution in [2.75, 3.05) is 13.1 Å². The molecule has 4 fully saturated rings. The highest BCUT2D eigenvalue weighted by Gasteiger charge is 2.45. The average molecular weight is 515 g/mol. The van der Waals surface area contributed by atoms with Gasteiger partial charge in [-0.3, -0.25) is 25.1 Å². The van der Waals surface area contributed by atoms with Crippen LogP contribution in [0.5, 0.6) is 0 Å². The summed E-state index contributed by atoms with van der Waals surface area (Å²) in [6.45, 7) is 1.97. The predicted molar refractivity (Wildman–Crippen MR) is 127 cm³/mol. The fourth-order valence-electron chi connectivity index (χ4n) is 6.17. The minimum atomic E-state index is -0.810. The van der Waals surface area contributed by atoms with Crippen LogP contribution in [-0.4, -0.2) is 71.2 Å². The third-order valence-electron chi connectivity index (χ3n) is 8.26. The van der Waals surface area contributed by atoms with E-state index in [1.54, 1.807) is 6.07 Å². The number of piperidine rings is 2. The zero-order chi connectivity index (χ0) is 25.7. The number of benzene rings is 1. The molecule has 37 heavy (non-hydrogen) atoms. The molecule has 3 saturated heterocycles. The van der Waals surface area contributed by atoms with Gasteiger partial charge in [-0.15, -0.1) is 0 Å². The summed E-state index contributed by atoms with van der Waals surface area (Å²) in [5.74, 6) is -1.61. The molecule has 4 N–H and O–H groups in total. The van der Waals surface area contributed by atoms with Crippen LogP contribution < -0.4 is 21.4 Å². The number of hydrogen-bond donors (Lipinski definition) is 4. The molecule has 4 aliphatic heterocycles. The highest BCUT2D eigenvalue weighted by atomic mass is 19.1. The Morgan fingerprint density at radius 2 is 2.03 bits per heavy atom. The van der Waals surface area contributed by atoms with E-state index in [0.29, 0.717) is 23.7 Å². The number of hydrogen-bond acceptors (Lipinski definition) is 8. The molecule has 4 heterocycles. The third-order valence-corrected chi connectivity index (χ3v) is 8.26. The van der Waals surface area contributed by atoms with Gasteiger partial charge in [0.25, 0.3) is 5.91 Å². The maximum Gasteiger partial charge on any atom is 0.407 e. The van der Waals surface area contributed by atoms with Crippen LogP contribution in [0.15, 0.2) is 12.1 Å². The van der Waals surface area contributed by atoms with E-state index in [4.69, 9.17) is 4.74 Å². The van der Waals surface area contributed by atoms with Crippen LogP contribution >= 0.6 is 0 Å². The first-order chi connectivity index (χ1) is 17.9. The zero-order valence-corrected chi connectivity index (χ0v) is 20.4. The monoisotopic (exact) mass is 514 g/mol. The molecule has 4 amide bonds. The third kappa shape index (κ3) is 4.47. The lowest BCUT2D eigenvalue weighted by Crippen LogP contribution is -2.59. The van der Waals surface area contributed by atoms with E-state index in [9.17, 15) is 19.2 Å². The largest absolute Gasteiger partial charge is 0.446 e. The Morgan fingerprint density at radius 1 is 1.19 bits per heavy atom. The van der Waals surface area contributed by atoms with Gasteiger partial charge in [-0.05, 0) is 31.4 Å². The van der Waals surface area contributed by atoms with Crippen molar-refractivity contribution in [3.05, 3.63) is 34.6 Å². The van der Waals surface area contributed by atoms with Crippen molar-refractivity contribution < 1.29 is 28.3 Å². The summed E-state index contributed by atoms with van der Waals surface area (Å²) in [5.41, 5.74) is 4.03. The molecule has 3 unspecified atom stereocenters. The van der Waals surface area contributed by atoms with Crippen molar-refractivity contribution in [3.8, 4) is 0 Å². The molecule has 0 bridgehead atoms. The van der Waals surface area contributed by atoms with Crippen LogP contribution in [-0.2, 0) is 27.4 Å². The molecule has 1 aromatic carbocycles. The number of hydrazine groups is 1. The molecule has 0 aromatic heterocycles. The molecule has 6 rings (SSSR count). The zero-order valence-electron chi connectivity index (χ0n) is 20.4. The molecular weight excluding hydrogens is 483 g/mol. The molecule has 0 spiro atoms. The van der Waals surface area contributed by atoms with Crippen LogP contribution in [0.4, 0.5) is 9.18 Å². The van der Waals surface area contributed by atoms with E-state index in [0.717, 1.165) is 25.9 Å². The number of carbonyl (C=O) groups is 4. The molecular formula is C25H31FN6O5. The smallest absolute Gasteiger partial charge is 0.407 e. The van der Waals surface area contributed by atoms with Crippen LogP contribution in [0.25, 0.3) is 0 Å². The first-order valence-corrected chi connectivity index (χ1v) is 13.0. The summed E-state index contributed by atoms with van der Waals surface area (Å²) < 4.78 is 20.8. The van der Waals surface area contributed by atoms with Gasteiger partial charge >= 0.3 is 6.09 Å². The van der Waals surface area contributed by atoms with Gasteiger partial charge in [-0.25, -0.2) is 14.2 Å². The second-order valence-corrected chi connectivity index (χ2v) is 10.5. The van der Waals surface area contributed by atoms with Crippen molar-refractivity contribution in [1.82, 2.24) is 31.3 Å². The molecule has 198 valence electrons. The Hall–Kier alpha value is -3.09. The van der Waals surface area contributed by atoms with Gasteiger partial charge in [0.2, 0.25) is 11.8 Å². The van der Waals surface area contributed by atoms with Crippen molar-refractivity contribution in [3.63, 3.8) is 0 Å². The Kier molecular flexibility index (Phi) is 6.33. The number of alkyl carbamates (subject to hydrolysis) is 1. The van der Waals surface area contributed by atoms with Gasteiger partial charge in [0.05, 0.1) is 11.7 Å². The number of rotatable bonds is 5. The average Bonchev–Trinajstić information content (AvgIpc) is 3.42. The van der Waals surface area contributed by atoms with E-state index in [-0.39, 0.29) is 49.1 Å². The maximum absolute atomic E-state index is 15.3. The van der Waals surface area contributed by atoms with Gasteiger partial charge in [0.15, 0.2) is 0 Å². The number of amides is 4. The van der Waals surface area contributed by atoms with Gasteiger partial charge in [0, 0.05) is 56.4 Å². The lowest BCUT2D eigenvalue weighted by Gasteiger charge is -2.44. The fourth-order valence-corrected chi connectivity index (χ4v) is 6.17. The van der Waals surface area contributed by atoms with Crippen molar-refractivity contribution in [2.24, 2.45) is 5.92 Å². The van der Waals surface area contributed by atoms with Crippen molar-refractivity contribution in [1.29, 1.82) is 0 Å². The molecule has 0 radical (unpaired) electrons. The fraction of sp³-hybridized carbons (Fsp3) is 0.600. The lowest BCUT2D eigenvalue weighted by molar-refractivity contribution is -0.136. The molecule has 1 saturated carbocycles. The summed E-state index contributed by atoms with van der Waals surface area (Å²) in [6, 6.07) is 2.67. The normalized spacial score (nSPS) is 31.4. The number of carbonyl (C=O) groups excluding carboxylic acids is 4. The Balaban J connectivity index is 1.01. The number of fused-ring (bicyclic) bond motifs is 2.